The summed E-state index contributed by atoms with van der Waals surface area (Å²) in [5, 5.41) is 10.4. The van der Waals surface area contributed by atoms with Gasteiger partial charge in [0.25, 0.3) is 0 Å². The molecular formula is C12H20O5. The molecule has 2 aliphatic rings. The molecule has 2 aliphatic heterocycles. The highest BCUT2D eigenvalue weighted by atomic mass is 16.8. The Hall–Kier alpha value is -0.460. The fourth-order valence-electron chi connectivity index (χ4n) is 2.51. The molecule has 5 nitrogen and oxygen atoms in total. The molecule has 0 saturated carbocycles. The normalized spacial score (nSPS) is 44.4. The van der Waals surface area contributed by atoms with Crippen LogP contribution >= 0.6 is 0 Å². The molecule has 0 bridgehead atoms. The van der Waals surface area contributed by atoms with Gasteiger partial charge in [-0.1, -0.05) is 6.08 Å². The Morgan fingerprint density at radius 3 is 2.76 bits per heavy atom. The maximum atomic E-state index is 10.4. The lowest BCUT2D eigenvalue weighted by atomic mass is 9.94. The first kappa shape index (κ1) is 13.0. The third-order valence-corrected chi connectivity index (χ3v) is 3.15. The van der Waals surface area contributed by atoms with Crippen LogP contribution in [0.5, 0.6) is 0 Å². The van der Waals surface area contributed by atoms with E-state index in [0.717, 1.165) is 0 Å². The standard InChI is InChI=1S/C12H20O5/c1-5-6-12(13)10(14-4)9-8(7-15-12)16-11(2,3)17-9/h5,8-10,13H,1,6-7H2,2-4H3/t8-,9-,10+,12?/m0/s1. The maximum Gasteiger partial charge on any atom is 0.198 e. The molecule has 4 atom stereocenters. The third kappa shape index (κ3) is 2.26. The summed E-state index contributed by atoms with van der Waals surface area (Å²) in [6.07, 6.45) is 0.779. The van der Waals surface area contributed by atoms with Crippen molar-refractivity contribution in [3.05, 3.63) is 12.7 Å². The lowest BCUT2D eigenvalue weighted by Gasteiger charge is -2.42. The van der Waals surface area contributed by atoms with E-state index in [1.165, 1.54) is 7.11 Å². The second-order valence-electron chi connectivity index (χ2n) is 4.94. The van der Waals surface area contributed by atoms with Crippen molar-refractivity contribution in [1.82, 2.24) is 0 Å². The Morgan fingerprint density at radius 2 is 2.18 bits per heavy atom. The van der Waals surface area contributed by atoms with E-state index in [0.29, 0.717) is 6.42 Å². The summed E-state index contributed by atoms with van der Waals surface area (Å²) in [5.74, 6) is -2.06. The van der Waals surface area contributed by atoms with Gasteiger partial charge in [-0.25, -0.2) is 0 Å². The van der Waals surface area contributed by atoms with Gasteiger partial charge in [-0.15, -0.1) is 6.58 Å². The summed E-state index contributed by atoms with van der Waals surface area (Å²) in [6.45, 7) is 7.58. The van der Waals surface area contributed by atoms with Crippen molar-refractivity contribution in [1.29, 1.82) is 0 Å². The van der Waals surface area contributed by atoms with Crippen molar-refractivity contribution in [2.24, 2.45) is 0 Å². The molecule has 0 spiro atoms. The molecule has 0 aromatic heterocycles. The van der Waals surface area contributed by atoms with Crippen LogP contribution < -0.4 is 0 Å². The fraction of sp³-hybridized carbons (Fsp3) is 0.833. The lowest BCUT2D eigenvalue weighted by molar-refractivity contribution is -0.310. The van der Waals surface area contributed by atoms with Crippen molar-refractivity contribution < 1.29 is 24.1 Å². The molecular weight excluding hydrogens is 224 g/mol. The van der Waals surface area contributed by atoms with E-state index >= 15 is 0 Å². The van der Waals surface area contributed by atoms with Gasteiger partial charge in [0.05, 0.1) is 6.61 Å². The van der Waals surface area contributed by atoms with Crippen LogP contribution in [0.2, 0.25) is 0 Å². The first-order chi connectivity index (χ1) is 7.92. The molecule has 2 saturated heterocycles. The van der Waals surface area contributed by atoms with Gasteiger partial charge in [-0.2, -0.15) is 0 Å². The Labute approximate surface area is 101 Å². The average Bonchev–Trinajstić information content (AvgIpc) is 2.52. The van der Waals surface area contributed by atoms with Crippen molar-refractivity contribution in [3.63, 3.8) is 0 Å². The Balaban J connectivity index is 2.20. The largest absolute Gasteiger partial charge is 0.373 e. The maximum absolute atomic E-state index is 10.4. The van der Waals surface area contributed by atoms with E-state index in [-0.39, 0.29) is 18.8 Å². The molecule has 0 aliphatic carbocycles. The van der Waals surface area contributed by atoms with Crippen LogP contribution in [0.4, 0.5) is 0 Å². The number of methoxy groups -OCH3 is 1. The van der Waals surface area contributed by atoms with Crippen molar-refractivity contribution >= 4 is 0 Å². The summed E-state index contributed by atoms with van der Waals surface area (Å²) in [5.41, 5.74) is 0. The van der Waals surface area contributed by atoms with E-state index in [2.05, 4.69) is 6.58 Å². The van der Waals surface area contributed by atoms with Gasteiger partial charge in [-0.05, 0) is 13.8 Å². The Morgan fingerprint density at radius 1 is 1.47 bits per heavy atom. The summed E-state index contributed by atoms with van der Waals surface area (Å²) >= 11 is 0. The molecule has 17 heavy (non-hydrogen) atoms. The van der Waals surface area contributed by atoms with Crippen LogP contribution in [0.1, 0.15) is 20.3 Å². The zero-order valence-corrected chi connectivity index (χ0v) is 10.5. The zero-order chi connectivity index (χ0) is 12.7. The molecule has 0 radical (unpaired) electrons. The lowest BCUT2D eigenvalue weighted by Crippen LogP contribution is -2.60. The molecule has 2 fully saturated rings. The topological polar surface area (TPSA) is 57.2 Å². The molecule has 0 aromatic rings. The summed E-state index contributed by atoms with van der Waals surface area (Å²) in [6, 6.07) is 0. The predicted molar refractivity (Wildman–Crippen MR) is 60.3 cm³/mol. The van der Waals surface area contributed by atoms with Crippen LogP contribution in [-0.2, 0) is 18.9 Å². The van der Waals surface area contributed by atoms with Gasteiger partial charge in [0, 0.05) is 13.5 Å². The quantitative estimate of drug-likeness (QED) is 0.745. The minimum atomic E-state index is -1.39. The molecule has 0 amide bonds. The Kier molecular flexibility index (Phi) is 3.31. The van der Waals surface area contributed by atoms with Crippen LogP contribution in [-0.4, -0.2) is 48.7 Å². The van der Waals surface area contributed by atoms with Crippen molar-refractivity contribution in [3.8, 4) is 0 Å². The number of aliphatic hydroxyl groups is 1. The highest BCUT2D eigenvalue weighted by Crippen LogP contribution is 2.39. The SMILES string of the molecule is C=CCC1(O)OC[C@@H]2OC(C)(C)O[C@@H]2[C@H]1OC. The van der Waals surface area contributed by atoms with E-state index < -0.39 is 17.7 Å². The van der Waals surface area contributed by atoms with E-state index in [1.807, 2.05) is 13.8 Å². The van der Waals surface area contributed by atoms with Gasteiger partial charge in [-0.3, -0.25) is 0 Å². The number of fused-ring (bicyclic) bond motifs is 1. The smallest absolute Gasteiger partial charge is 0.198 e. The van der Waals surface area contributed by atoms with Crippen molar-refractivity contribution in [2.45, 2.75) is 50.2 Å². The van der Waals surface area contributed by atoms with Crippen LogP contribution in [0, 0.1) is 0 Å². The fourth-order valence-corrected chi connectivity index (χ4v) is 2.51. The second-order valence-corrected chi connectivity index (χ2v) is 4.94. The van der Waals surface area contributed by atoms with Gasteiger partial charge in [0.2, 0.25) is 0 Å². The van der Waals surface area contributed by atoms with Gasteiger partial charge >= 0.3 is 0 Å². The number of hydrogen-bond acceptors (Lipinski definition) is 5. The number of hydrogen-bond donors (Lipinski definition) is 1. The van der Waals surface area contributed by atoms with Crippen LogP contribution in [0.25, 0.3) is 0 Å². The molecule has 1 unspecified atom stereocenters. The van der Waals surface area contributed by atoms with E-state index in [9.17, 15) is 5.11 Å². The van der Waals surface area contributed by atoms with Gasteiger partial charge in [0.15, 0.2) is 11.6 Å². The molecule has 5 heteroatoms. The predicted octanol–water partition coefficient (Wildman–Crippen LogP) is 0.816. The van der Waals surface area contributed by atoms with Crippen molar-refractivity contribution in [2.75, 3.05) is 13.7 Å². The molecule has 98 valence electrons. The highest BCUT2D eigenvalue weighted by molar-refractivity contribution is 5.00. The molecule has 1 N–H and O–H groups in total. The monoisotopic (exact) mass is 244 g/mol. The first-order valence-corrected chi connectivity index (χ1v) is 5.77. The van der Waals surface area contributed by atoms with E-state index in [1.54, 1.807) is 6.08 Å². The third-order valence-electron chi connectivity index (χ3n) is 3.15. The average molecular weight is 244 g/mol. The number of rotatable bonds is 3. The van der Waals surface area contributed by atoms with Crippen LogP contribution in [0.15, 0.2) is 12.7 Å². The second kappa shape index (κ2) is 4.33. The summed E-state index contributed by atoms with van der Waals surface area (Å²) in [4.78, 5) is 0. The van der Waals surface area contributed by atoms with Gasteiger partial charge in [0.1, 0.15) is 18.3 Å². The highest BCUT2D eigenvalue weighted by Gasteiger charge is 2.56. The summed E-state index contributed by atoms with van der Waals surface area (Å²) < 4.78 is 22.3. The molecule has 2 heterocycles. The minimum Gasteiger partial charge on any atom is -0.373 e. The Bertz CT molecular complexity index is 303. The van der Waals surface area contributed by atoms with Crippen LogP contribution in [0.3, 0.4) is 0 Å². The van der Waals surface area contributed by atoms with Gasteiger partial charge < -0.3 is 24.1 Å². The number of ether oxygens (including phenoxy) is 4. The van der Waals surface area contributed by atoms with E-state index in [4.69, 9.17) is 18.9 Å². The molecule has 0 aromatic carbocycles. The first-order valence-electron chi connectivity index (χ1n) is 5.77. The summed E-state index contributed by atoms with van der Waals surface area (Å²) in [7, 11) is 1.53. The zero-order valence-electron chi connectivity index (χ0n) is 10.5. The molecule has 2 rings (SSSR count). The minimum absolute atomic E-state index is 0.208.